The largest absolute Gasteiger partial charge is 0.361 e. The lowest BCUT2D eigenvalue weighted by molar-refractivity contribution is 0.956. The van der Waals surface area contributed by atoms with Crippen LogP contribution in [-0.2, 0) is 12.8 Å². The number of fused-ring (bicyclic) bond motifs is 3. The van der Waals surface area contributed by atoms with Gasteiger partial charge in [0.1, 0.15) is 0 Å². The first-order chi connectivity index (χ1) is 10.4. The molecule has 1 N–H and O–H groups in total. The summed E-state index contributed by atoms with van der Waals surface area (Å²) in [4.78, 5) is 12.1. The second kappa shape index (κ2) is 5.02. The van der Waals surface area contributed by atoms with Gasteiger partial charge in [-0.1, -0.05) is 6.07 Å². The van der Waals surface area contributed by atoms with E-state index in [0.29, 0.717) is 0 Å². The molecule has 4 rings (SSSR count). The molecule has 0 amide bonds. The fourth-order valence-corrected chi connectivity index (χ4v) is 2.87. The number of aryl methyl sites for hydroxylation is 2. The summed E-state index contributed by atoms with van der Waals surface area (Å²) < 4.78 is 0. The zero-order chi connectivity index (χ0) is 14.1. The Bertz CT molecular complexity index is 894. The van der Waals surface area contributed by atoms with Crippen molar-refractivity contribution in [1.82, 2.24) is 15.0 Å². The van der Waals surface area contributed by atoms with Crippen molar-refractivity contribution in [2.75, 3.05) is 0 Å². The average molecular weight is 273 g/mol. The molecule has 3 nitrogen and oxygen atoms in total. The topological polar surface area (TPSA) is 41.6 Å². The Morgan fingerprint density at radius 1 is 1.00 bits per heavy atom. The molecule has 0 aliphatic rings. The molecule has 0 atom stereocenters. The van der Waals surface area contributed by atoms with Crippen LogP contribution < -0.4 is 0 Å². The summed E-state index contributed by atoms with van der Waals surface area (Å²) in [7, 11) is 0. The Labute approximate surface area is 122 Å². The molecule has 0 spiro atoms. The number of pyridine rings is 2. The third-order valence-corrected chi connectivity index (χ3v) is 3.90. The number of H-pyrrole nitrogens is 1. The van der Waals surface area contributed by atoms with Gasteiger partial charge in [-0.3, -0.25) is 9.97 Å². The van der Waals surface area contributed by atoms with Gasteiger partial charge >= 0.3 is 0 Å². The van der Waals surface area contributed by atoms with Crippen molar-refractivity contribution in [1.29, 1.82) is 0 Å². The molecule has 3 aromatic heterocycles. The number of hydrogen-bond acceptors (Lipinski definition) is 2. The quantitative estimate of drug-likeness (QED) is 0.615. The molecule has 0 aliphatic heterocycles. The van der Waals surface area contributed by atoms with Gasteiger partial charge < -0.3 is 4.98 Å². The predicted octanol–water partition coefficient (Wildman–Crippen LogP) is 3.90. The van der Waals surface area contributed by atoms with E-state index in [1.54, 1.807) is 0 Å². The second-order valence-corrected chi connectivity index (χ2v) is 5.24. The van der Waals surface area contributed by atoms with Crippen molar-refractivity contribution in [2.45, 2.75) is 12.8 Å². The summed E-state index contributed by atoms with van der Waals surface area (Å²) >= 11 is 0. The van der Waals surface area contributed by atoms with Crippen molar-refractivity contribution < 1.29 is 0 Å². The van der Waals surface area contributed by atoms with Gasteiger partial charge in [0.2, 0.25) is 0 Å². The number of rotatable bonds is 3. The summed E-state index contributed by atoms with van der Waals surface area (Å²) in [5, 5.41) is 2.44. The predicted molar refractivity (Wildman–Crippen MR) is 85.2 cm³/mol. The van der Waals surface area contributed by atoms with Crippen molar-refractivity contribution >= 4 is 21.8 Å². The minimum Gasteiger partial charge on any atom is -0.361 e. The maximum absolute atomic E-state index is 4.59. The highest BCUT2D eigenvalue weighted by Crippen LogP contribution is 2.27. The Kier molecular flexibility index (Phi) is 2.89. The minimum absolute atomic E-state index is 0.973. The zero-order valence-electron chi connectivity index (χ0n) is 11.6. The van der Waals surface area contributed by atoms with E-state index in [2.05, 4.69) is 39.2 Å². The Morgan fingerprint density at radius 2 is 1.95 bits per heavy atom. The van der Waals surface area contributed by atoms with Crippen molar-refractivity contribution in [2.24, 2.45) is 0 Å². The summed E-state index contributed by atoms with van der Waals surface area (Å²) in [5.74, 6) is 0. The zero-order valence-corrected chi connectivity index (χ0v) is 11.6. The van der Waals surface area contributed by atoms with Gasteiger partial charge in [-0.15, -0.1) is 0 Å². The molecule has 3 heterocycles. The third kappa shape index (κ3) is 2.17. The molecule has 0 fully saturated rings. The first-order valence-corrected chi connectivity index (χ1v) is 7.14. The van der Waals surface area contributed by atoms with E-state index in [1.807, 2.05) is 36.9 Å². The highest BCUT2D eigenvalue weighted by molar-refractivity contribution is 6.05. The van der Waals surface area contributed by atoms with Crippen LogP contribution in [0.15, 0.2) is 61.2 Å². The molecular formula is C18H15N3. The number of benzene rings is 1. The molecule has 0 saturated heterocycles. The molecule has 0 saturated carbocycles. The van der Waals surface area contributed by atoms with Crippen molar-refractivity contribution in [3.05, 3.63) is 72.3 Å². The lowest BCUT2D eigenvalue weighted by Crippen LogP contribution is -1.95. The molecule has 4 aromatic rings. The van der Waals surface area contributed by atoms with Gasteiger partial charge in [0.25, 0.3) is 0 Å². The first kappa shape index (κ1) is 12.1. The normalized spacial score (nSPS) is 11.2. The molecular weight excluding hydrogens is 258 g/mol. The van der Waals surface area contributed by atoms with E-state index in [4.69, 9.17) is 0 Å². The van der Waals surface area contributed by atoms with E-state index < -0.39 is 0 Å². The van der Waals surface area contributed by atoms with Gasteiger partial charge in [0.15, 0.2) is 0 Å². The number of nitrogens with one attached hydrogen (secondary N) is 1. The highest BCUT2D eigenvalue weighted by Gasteiger charge is 2.08. The smallest absolute Gasteiger partial charge is 0.0755 e. The second-order valence-electron chi connectivity index (χ2n) is 5.24. The molecule has 0 unspecified atom stereocenters. The molecule has 3 heteroatoms. The van der Waals surface area contributed by atoms with Crippen LogP contribution in [0, 0.1) is 0 Å². The average Bonchev–Trinajstić information content (AvgIpc) is 3.02. The first-order valence-electron chi connectivity index (χ1n) is 7.14. The van der Waals surface area contributed by atoms with Gasteiger partial charge in [-0.2, -0.15) is 0 Å². The van der Waals surface area contributed by atoms with E-state index in [1.165, 1.54) is 27.4 Å². The van der Waals surface area contributed by atoms with Crippen LogP contribution in [0.4, 0.5) is 0 Å². The van der Waals surface area contributed by atoms with Crippen LogP contribution in [0.5, 0.6) is 0 Å². The number of nitrogens with zero attached hydrogens (tertiary/aromatic N) is 2. The monoisotopic (exact) mass is 273 g/mol. The fraction of sp³-hybridized carbons (Fsp3) is 0.111. The molecule has 0 aliphatic carbocycles. The van der Waals surface area contributed by atoms with Crippen molar-refractivity contribution in [3.63, 3.8) is 0 Å². The van der Waals surface area contributed by atoms with E-state index >= 15 is 0 Å². The van der Waals surface area contributed by atoms with Crippen molar-refractivity contribution in [3.8, 4) is 0 Å². The SMILES string of the molecule is c1cncc(CCc2cc3cc[nH]c3c3cccnc23)c1. The van der Waals surface area contributed by atoms with Gasteiger partial charge in [0, 0.05) is 35.6 Å². The van der Waals surface area contributed by atoms with E-state index in [-0.39, 0.29) is 0 Å². The lowest BCUT2D eigenvalue weighted by atomic mass is 10.0. The standard InChI is InChI=1S/C18H15N3/c1-3-13(12-19-8-1)5-6-14-11-15-7-10-21-18(15)16-4-2-9-20-17(14)16/h1-4,7-12,21H,5-6H2. The molecule has 102 valence electrons. The number of aromatic amines is 1. The summed E-state index contributed by atoms with van der Waals surface area (Å²) in [5.41, 5.74) is 4.82. The summed E-state index contributed by atoms with van der Waals surface area (Å²) in [6, 6.07) is 12.6. The van der Waals surface area contributed by atoms with Crippen LogP contribution in [0.1, 0.15) is 11.1 Å². The molecule has 0 bridgehead atoms. The Morgan fingerprint density at radius 3 is 2.86 bits per heavy atom. The van der Waals surface area contributed by atoms with Gasteiger partial charge in [-0.25, -0.2) is 0 Å². The highest BCUT2D eigenvalue weighted by atomic mass is 14.7. The Balaban J connectivity index is 1.79. The summed E-state index contributed by atoms with van der Waals surface area (Å²) in [6.45, 7) is 0. The third-order valence-electron chi connectivity index (χ3n) is 3.90. The van der Waals surface area contributed by atoms with Crippen LogP contribution in [0.2, 0.25) is 0 Å². The molecule has 21 heavy (non-hydrogen) atoms. The summed E-state index contributed by atoms with van der Waals surface area (Å²) in [6.07, 6.45) is 9.55. The Hall–Kier alpha value is -2.68. The number of hydrogen-bond donors (Lipinski definition) is 1. The molecule has 1 aromatic carbocycles. The number of aromatic nitrogens is 3. The van der Waals surface area contributed by atoms with Crippen LogP contribution in [0.25, 0.3) is 21.8 Å². The van der Waals surface area contributed by atoms with Crippen LogP contribution >= 0.6 is 0 Å². The minimum atomic E-state index is 0.973. The maximum Gasteiger partial charge on any atom is 0.0755 e. The van der Waals surface area contributed by atoms with Crippen LogP contribution in [-0.4, -0.2) is 15.0 Å². The molecule has 0 radical (unpaired) electrons. The maximum atomic E-state index is 4.59. The lowest BCUT2D eigenvalue weighted by Gasteiger charge is -2.07. The van der Waals surface area contributed by atoms with Gasteiger partial charge in [0.05, 0.1) is 11.0 Å². The van der Waals surface area contributed by atoms with Gasteiger partial charge in [-0.05, 0) is 54.3 Å². The van der Waals surface area contributed by atoms with Crippen LogP contribution in [0.3, 0.4) is 0 Å². The van der Waals surface area contributed by atoms with E-state index in [9.17, 15) is 0 Å². The fourth-order valence-electron chi connectivity index (χ4n) is 2.87. The van der Waals surface area contributed by atoms with E-state index in [0.717, 1.165) is 18.4 Å².